The molecular weight excluding hydrogens is 494 g/mol. The molecule has 1 saturated heterocycles. The van der Waals surface area contributed by atoms with Crippen LogP contribution in [0.25, 0.3) is 11.0 Å². The molecule has 3 aromatic rings. The minimum atomic E-state index is -4.96. The third-order valence-electron chi connectivity index (χ3n) is 5.93. The number of rotatable bonds is 4. The van der Waals surface area contributed by atoms with E-state index in [9.17, 15) is 22.7 Å². The maximum absolute atomic E-state index is 14.5. The summed E-state index contributed by atoms with van der Waals surface area (Å²) in [6.07, 6.45) is -7.82. The summed E-state index contributed by atoms with van der Waals surface area (Å²) in [6, 6.07) is 4.25. The Balaban J connectivity index is 1.55. The lowest BCUT2D eigenvalue weighted by Crippen LogP contribution is -2.51. The molecule has 0 aliphatic carbocycles. The van der Waals surface area contributed by atoms with E-state index in [1.807, 2.05) is 4.90 Å². The van der Waals surface area contributed by atoms with Crippen LogP contribution >= 0.6 is 11.6 Å². The van der Waals surface area contributed by atoms with Crippen LogP contribution in [0, 0.1) is 5.82 Å². The monoisotopic (exact) mass is 513 g/mol. The lowest BCUT2D eigenvalue weighted by atomic mass is 10.0. The molecule has 2 aromatic heterocycles. The van der Waals surface area contributed by atoms with E-state index in [0.29, 0.717) is 43.3 Å². The van der Waals surface area contributed by atoms with E-state index in [-0.39, 0.29) is 28.3 Å². The molecule has 3 atom stereocenters. The number of pyridine rings is 1. The standard InChI is InChI=1S/C22H20ClF4N5O3/c1-10(28-14-2-3-16(23)30-18(14)19(33)22(25,26)27)13-6-11(24)7-15-17(13)31-20-21(29-15)35-9-12-8-34-5-4-32(12)20/h2-3,6-7,10,12,19,28,33H,4-5,8-9H2,1H3/t10-,12+,19?/m1/s1. The largest absolute Gasteiger partial charge is 0.473 e. The SMILES string of the molecule is C[C@@H](Nc1ccc(Cl)nc1C(O)C(F)(F)F)c1cc(F)cc2nc3c(nc12)N1CCOC[C@H]1CO3. The van der Waals surface area contributed by atoms with Gasteiger partial charge in [-0.15, -0.1) is 0 Å². The van der Waals surface area contributed by atoms with Gasteiger partial charge in [-0.3, -0.25) is 0 Å². The van der Waals surface area contributed by atoms with Crippen molar-refractivity contribution in [1.29, 1.82) is 0 Å². The van der Waals surface area contributed by atoms with Crippen molar-refractivity contribution in [3.63, 3.8) is 0 Å². The van der Waals surface area contributed by atoms with Crippen molar-refractivity contribution in [2.24, 2.45) is 0 Å². The Hall–Kier alpha value is -2.96. The van der Waals surface area contributed by atoms with Crippen LogP contribution in [-0.2, 0) is 4.74 Å². The summed E-state index contributed by atoms with van der Waals surface area (Å²) in [4.78, 5) is 14.9. The van der Waals surface area contributed by atoms with Crippen LogP contribution in [0.4, 0.5) is 29.1 Å². The zero-order chi connectivity index (χ0) is 24.9. The molecule has 0 amide bonds. The zero-order valence-electron chi connectivity index (χ0n) is 18.3. The highest BCUT2D eigenvalue weighted by Crippen LogP contribution is 2.39. The predicted molar refractivity (Wildman–Crippen MR) is 119 cm³/mol. The van der Waals surface area contributed by atoms with E-state index in [0.717, 1.165) is 0 Å². The molecule has 35 heavy (non-hydrogen) atoms. The molecule has 1 unspecified atom stereocenters. The van der Waals surface area contributed by atoms with Gasteiger partial charge in [-0.2, -0.15) is 13.2 Å². The van der Waals surface area contributed by atoms with Gasteiger partial charge in [0.1, 0.15) is 23.3 Å². The Morgan fingerprint density at radius 2 is 2.00 bits per heavy atom. The van der Waals surface area contributed by atoms with Crippen LogP contribution < -0.4 is 15.0 Å². The molecule has 5 rings (SSSR count). The number of anilines is 2. The smallest absolute Gasteiger partial charge is 0.420 e. The van der Waals surface area contributed by atoms with Crippen molar-refractivity contribution in [2.75, 3.05) is 36.6 Å². The molecular formula is C22H20ClF4N5O3. The number of fused-ring (bicyclic) bond motifs is 4. The summed E-state index contributed by atoms with van der Waals surface area (Å²) < 4.78 is 65.4. The maximum atomic E-state index is 14.5. The first-order valence-corrected chi connectivity index (χ1v) is 11.2. The molecule has 0 radical (unpaired) electrons. The van der Waals surface area contributed by atoms with Crippen molar-refractivity contribution >= 4 is 34.1 Å². The summed E-state index contributed by atoms with van der Waals surface area (Å²) in [7, 11) is 0. The predicted octanol–water partition coefficient (Wildman–Crippen LogP) is 4.18. The number of aromatic nitrogens is 3. The number of ether oxygens (including phenoxy) is 2. The van der Waals surface area contributed by atoms with Gasteiger partial charge in [-0.1, -0.05) is 11.6 Å². The third kappa shape index (κ3) is 4.53. The Morgan fingerprint density at radius 1 is 1.20 bits per heavy atom. The van der Waals surface area contributed by atoms with E-state index >= 15 is 0 Å². The minimum absolute atomic E-state index is 0.0333. The fraction of sp³-hybridized carbons (Fsp3) is 0.409. The van der Waals surface area contributed by atoms with E-state index < -0.39 is 29.8 Å². The van der Waals surface area contributed by atoms with E-state index in [1.165, 1.54) is 24.3 Å². The van der Waals surface area contributed by atoms with Gasteiger partial charge in [0, 0.05) is 18.2 Å². The van der Waals surface area contributed by atoms with Gasteiger partial charge < -0.3 is 24.8 Å². The lowest BCUT2D eigenvalue weighted by Gasteiger charge is -2.39. The first-order chi connectivity index (χ1) is 16.6. The first kappa shape index (κ1) is 23.8. The number of morpholine rings is 1. The molecule has 1 fully saturated rings. The van der Waals surface area contributed by atoms with Crippen LogP contribution in [0.1, 0.15) is 30.3 Å². The molecule has 0 saturated carbocycles. The Morgan fingerprint density at radius 3 is 2.77 bits per heavy atom. The van der Waals surface area contributed by atoms with Gasteiger partial charge in [0.25, 0.3) is 5.88 Å². The topological polar surface area (TPSA) is 92.6 Å². The van der Waals surface area contributed by atoms with Crippen LogP contribution in [0.15, 0.2) is 24.3 Å². The Kier molecular flexibility index (Phi) is 6.06. The molecule has 186 valence electrons. The van der Waals surface area contributed by atoms with Gasteiger partial charge >= 0.3 is 6.18 Å². The number of hydrogen-bond donors (Lipinski definition) is 2. The molecule has 0 bridgehead atoms. The van der Waals surface area contributed by atoms with Gasteiger partial charge in [-0.25, -0.2) is 19.3 Å². The van der Waals surface area contributed by atoms with Gasteiger partial charge in [-0.05, 0) is 25.1 Å². The molecule has 2 aliphatic heterocycles. The summed E-state index contributed by atoms with van der Waals surface area (Å²) in [5, 5.41) is 12.5. The number of halogens is 5. The minimum Gasteiger partial charge on any atom is -0.473 e. The molecule has 2 aliphatic rings. The van der Waals surface area contributed by atoms with Crippen molar-refractivity contribution in [1.82, 2.24) is 15.0 Å². The fourth-order valence-corrected chi connectivity index (χ4v) is 4.39. The average Bonchev–Trinajstić information content (AvgIpc) is 2.82. The van der Waals surface area contributed by atoms with E-state index in [1.54, 1.807) is 6.92 Å². The summed E-state index contributed by atoms with van der Waals surface area (Å²) in [5.74, 6) is 0.184. The third-order valence-corrected chi connectivity index (χ3v) is 6.14. The lowest BCUT2D eigenvalue weighted by molar-refractivity contribution is -0.207. The number of benzene rings is 1. The molecule has 0 spiro atoms. The van der Waals surface area contributed by atoms with Crippen LogP contribution in [-0.4, -0.2) is 58.6 Å². The maximum Gasteiger partial charge on any atom is 0.420 e. The molecule has 1 aromatic carbocycles. The highest BCUT2D eigenvalue weighted by Gasteiger charge is 2.42. The Bertz CT molecular complexity index is 1280. The van der Waals surface area contributed by atoms with Crippen LogP contribution in [0.5, 0.6) is 5.88 Å². The Labute approximate surface area is 201 Å². The van der Waals surface area contributed by atoms with E-state index in [2.05, 4.69) is 15.3 Å². The van der Waals surface area contributed by atoms with Gasteiger partial charge in [0.2, 0.25) is 0 Å². The van der Waals surface area contributed by atoms with Crippen LogP contribution in [0.2, 0.25) is 5.15 Å². The molecule has 4 heterocycles. The van der Waals surface area contributed by atoms with Crippen molar-refractivity contribution in [3.05, 3.63) is 46.5 Å². The van der Waals surface area contributed by atoms with Gasteiger partial charge in [0.15, 0.2) is 11.9 Å². The summed E-state index contributed by atoms with van der Waals surface area (Å²) in [6.45, 7) is 3.56. The highest BCUT2D eigenvalue weighted by molar-refractivity contribution is 6.29. The summed E-state index contributed by atoms with van der Waals surface area (Å²) >= 11 is 5.78. The normalized spacial score (nSPS) is 19.5. The number of hydrogen-bond acceptors (Lipinski definition) is 8. The van der Waals surface area contributed by atoms with Crippen molar-refractivity contribution < 1.29 is 32.1 Å². The highest BCUT2D eigenvalue weighted by atomic mass is 35.5. The molecule has 13 heteroatoms. The van der Waals surface area contributed by atoms with Gasteiger partial charge in [0.05, 0.1) is 42.0 Å². The van der Waals surface area contributed by atoms with E-state index in [4.69, 9.17) is 26.1 Å². The number of aliphatic hydroxyl groups excluding tert-OH is 1. The molecule has 2 N–H and O–H groups in total. The van der Waals surface area contributed by atoms with Crippen LogP contribution in [0.3, 0.4) is 0 Å². The second kappa shape index (κ2) is 8.92. The second-order valence-electron chi connectivity index (χ2n) is 8.33. The fourth-order valence-electron chi connectivity index (χ4n) is 4.23. The zero-order valence-corrected chi connectivity index (χ0v) is 19.1. The quantitative estimate of drug-likeness (QED) is 0.396. The van der Waals surface area contributed by atoms with Crippen molar-refractivity contribution in [3.8, 4) is 5.88 Å². The number of nitrogens with zero attached hydrogens (tertiary/aromatic N) is 4. The first-order valence-electron chi connectivity index (χ1n) is 10.8. The van der Waals surface area contributed by atoms with Crippen molar-refractivity contribution in [2.45, 2.75) is 31.3 Å². The number of aliphatic hydroxyl groups is 1. The number of nitrogens with one attached hydrogen (secondary N) is 1. The molecule has 8 nitrogen and oxygen atoms in total. The average molecular weight is 514 g/mol. The summed E-state index contributed by atoms with van der Waals surface area (Å²) in [5.41, 5.74) is 0.162. The number of alkyl halides is 3. The second-order valence-corrected chi connectivity index (χ2v) is 8.71.